The average molecular weight is 359 g/mol. The van der Waals surface area contributed by atoms with Crippen molar-refractivity contribution < 1.29 is 36.7 Å². The van der Waals surface area contributed by atoms with Crippen LogP contribution in [0.25, 0.3) is 11.0 Å². The first-order valence-corrected chi connectivity index (χ1v) is 7.37. The summed E-state index contributed by atoms with van der Waals surface area (Å²) in [5.41, 5.74) is 0.519. The zero-order valence-corrected chi connectivity index (χ0v) is 12.9. The van der Waals surface area contributed by atoms with Crippen LogP contribution in [0.4, 0.5) is 17.6 Å². The van der Waals surface area contributed by atoms with Crippen molar-refractivity contribution in [2.24, 2.45) is 11.8 Å². The number of rotatable bonds is 2. The van der Waals surface area contributed by atoms with Gasteiger partial charge in [0.25, 0.3) is 5.91 Å². The van der Waals surface area contributed by atoms with Crippen molar-refractivity contribution in [1.29, 1.82) is 0 Å². The van der Waals surface area contributed by atoms with Crippen molar-refractivity contribution in [2.75, 3.05) is 13.1 Å². The van der Waals surface area contributed by atoms with E-state index >= 15 is 0 Å². The Morgan fingerprint density at radius 2 is 1.96 bits per heavy atom. The monoisotopic (exact) mass is 359 g/mol. The Morgan fingerprint density at radius 1 is 1.28 bits per heavy atom. The number of benzene rings is 1. The maximum absolute atomic E-state index is 13.3. The topological polar surface area (TPSA) is 70.8 Å². The van der Waals surface area contributed by atoms with E-state index in [9.17, 15) is 27.2 Å². The zero-order chi connectivity index (χ0) is 18.5. The minimum atomic E-state index is -4.73. The van der Waals surface area contributed by atoms with Crippen LogP contribution in [0.3, 0.4) is 0 Å². The highest BCUT2D eigenvalue weighted by Crippen LogP contribution is 2.38. The standard InChI is InChI=1S/C16H13F4NO4/c1-7-9-4-8(17)2-3-12(9)25-13(7)14(22)21-5-10(15(23)24)11(6-21)16(18,19)20/h2-4,10-11H,5-6H2,1H3,(H,23,24)/t10-,11-/m1/s1. The third kappa shape index (κ3) is 2.94. The molecule has 2 atom stereocenters. The largest absolute Gasteiger partial charge is 0.481 e. The summed E-state index contributed by atoms with van der Waals surface area (Å²) < 4.78 is 57.8. The van der Waals surface area contributed by atoms with Crippen LogP contribution in [0, 0.1) is 24.6 Å². The van der Waals surface area contributed by atoms with Crippen molar-refractivity contribution >= 4 is 22.8 Å². The third-order valence-corrected chi connectivity index (χ3v) is 4.44. The van der Waals surface area contributed by atoms with Crippen molar-refractivity contribution in [1.82, 2.24) is 4.90 Å². The highest BCUT2D eigenvalue weighted by atomic mass is 19.4. The van der Waals surface area contributed by atoms with Gasteiger partial charge < -0.3 is 14.4 Å². The Bertz CT molecular complexity index is 858. The molecule has 1 aliphatic heterocycles. The minimum Gasteiger partial charge on any atom is -0.481 e. The zero-order valence-electron chi connectivity index (χ0n) is 12.9. The molecule has 1 amide bonds. The van der Waals surface area contributed by atoms with E-state index in [-0.39, 0.29) is 11.3 Å². The van der Waals surface area contributed by atoms with Crippen LogP contribution in [-0.2, 0) is 4.79 Å². The van der Waals surface area contributed by atoms with E-state index in [0.29, 0.717) is 10.9 Å². The van der Waals surface area contributed by atoms with Gasteiger partial charge in [0.15, 0.2) is 5.76 Å². The van der Waals surface area contributed by atoms with E-state index in [1.165, 1.54) is 13.0 Å². The van der Waals surface area contributed by atoms with Gasteiger partial charge in [-0.2, -0.15) is 13.2 Å². The lowest BCUT2D eigenvalue weighted by Gasteiger charge is -2.18. The molecule has 9 heteroatoms. The number of halogens is 4. The predicted octanol–water partition coefficient (Wildman–Crippen LogP) is 3.22. The molecule has 1 fully saturated rings. The molecule has 3 rings (SSSR count). The molecule has 5 nitrogen and oxygen atoms in total. The van der Waals surface area contributed by atoms with Crippen LogP contribution in [-0.4, -0.2) is 41.1 Å². The SMILES string of the molecule is Cc1c(C(=O)N2C[C@@H](C(F)(F)F)[C@H](C(=O)O)C2)oc2ccc(F)cc12. The van der Waals surface area contributed by atoms with Crippen LogP contribution in [0.5, 0.6) is 0 Å². The number of aryl methyl sites for hydroxylation is 1. The summed E-state index contributed by atoms with van der Waals surface area (Å²) in [6.07, 6.45) is -4.73. The summed E-state index contributed by atoms with van der Waals surface area (Å²) >= 11 is 0. The fourth-order valence-corrected chi connectivity index (χ4v) is 3.09. The lowest BCUT2D eigenvalue weighted by atomic mass is 9.96. The van der Waals surface area contributed by atoms with Crippen LogP contribution >= 0.6 is 0 Å². The molecule has 2 heterocycles. The molecule has 0 radical (unpaired) electrons. The van der Waals surface area contributed by atoms with Crippen molar-refractivity contribution in [3.05, 3.63) is 35.3 Å². The van der Waals surface area contributed by atoms with Gasteiger partial charge >= 0.3 is 12.1 Å². The number of carbonyl (C=O) groups excluding carboxylic acids is 1. The molecule has 0 saturated carbocycles. The minimum absolute atomic E-state index is 0.215. The Morgan fingerprint density at radius 3 is 2.52 bits per heavy atom. The lowest BCUT2D eigenvalue weighted by molar-refractivity contribution is -0.187. The van der Waals surface area contributed by atoms with E-state index in [1.54, 1.807) is 0 Å². The van der Waals surface area contributed by atoms with Gasteiger partial charge in [-0.1, -0.05) is 0 Å². The molecule has 0 unspecified atom stereocenters. The van der Waals surface area contributed by atoms with Gasteiger partial charge in [0.1, 0.15) is 11.4 Å². The van der Waals surface area contributed by atoms with E-state index in [0.717, 1.165) is 17.0 Å². The van der Waals surface area contributed by atoms with Gasteiger partial charge in [-0.25, -0.2) is 4.39 Å². The molecule has 134 valence electrons. The number of aliphatic carboxylic acids is 1. The predicted molar refractivity (Wildman–Crippen MR) is 77.5 cm³/mol. The van der Waals surface area contributed by atoms with Gasteiger partial charge in [0, 0.05) is 24.0 Å². The van der Waals surface area contributed by atoms with Crippen molar-refractivity contribution in [3.8, 4) is 0 Å². The van der Waals surface area contributed by atoms with Gasteiger partial charge in [-0.15, -0.1) is 0 Å². The summed E-state index contributed by atoms with van der Waals surface area (Å²) in [5.74, 6) is -7.08. The molecule has 2 aromatic rings. The van der Waals surface area contributed by atoms with Gasteiger partial charge in [0.05, 0.1) is 11.8 Å². The number of carboxylic acids is 1. The van der Waals surface area contributed by atoms with Crippen molar-refractivity contribution in [2.45, 2.75) is 13.1 Å². The number of hydrogen-bond acceptors (Lipinski definition) is 3. The van der Waals surface area contributed by atoms with Crippen LogP contribution in [0.2, 0.25) is 0 Å². The normalized spacial score (nSPS) is 21.1. The highest BCUT2D eigenvalue weighted by Gasteiger charge is 2.53. The first-order valence-electron chi connectivity index (χ1n) is 7.37. The summed E-state index contributed by atoms with van der Waals surface area (Å²) in [6.45, 7) is 0.165. The van der Waals surface area contributed by atoms with Crippen LogP contribution in [0.1, 0.15) is 16.1 Å². The molecule has 1 aromatic heterocycles. The van der Waals surface area contributed by atoms with E-state index in [4.69, 9.17) is 9.52 Å². The molecule has 0 bridgehead atoms. The molecular formula is C16H13F4NO4. The molecule has 0 aliphatic carbocycles. The van der Waals surface area contributed by atoms with Crippen LogP contribution in [0.15, 0.2) is 22.6 Å². The molecular weight excluding hydrogens is 346 g/mol. The average Bonchev–Trinajstić information content (AvgIpc) is 3.09. The second-order valence-corrected chi connectivity index (χ2v) is 6.00. The Kier molecular flexibility index (Phi) is 3.97. The third-order valence-electron chi connectivity index (χ3n) is 4.44. The van der Waals surface area contributed by atoms with E-state index in [2.05, 4.69) is 0 Å². The first-order chi connectivity index (χ1) is 11.6. The Hall–Kier alpha value is -2.58. The Balaban J connectivity index is 1.94. The summed E-state index contributed by atoms with van der Waals surface area (Å²) in [5, 5.41) is 9.35. The van der Waals surface area contributed by atoms with Gasteiger partial charge in [0.2, 0.25) is 0 Å². The fourth-order valence-electron chi connectivity index (χ4n) is 3.09. The fraction of sp³-hybridized carbons (Fsp3) is 0.375. The summed E-state index contributed by atoms with van der Waals surface area (Å²) in [4.78, 5) is 24.5. The maximum atomic E-state index is 13.3. The maximum Gasteiger partial charge on any atom is 0.394 e. The number of furan rings is 1. The molecule has 1 aliphatic rings. The van der Waals surface area contributed by atoms with Gasteiger partial charge in [-0.3, -0.25) is 9.59 Å². The first kappa shape index (κ1) is 17.2. The number of nitrogens with zero attached hydrogens (tertiary/aromatic N) is 1. The summed E-state index contributed by atoms with van der Waals surface area (Å²) in [6, 6.07) is 3.61. The molecule has 1 aromatic carbocycles. The second kappa shape index (κ2) is 5.75. The number of carboxylic acid groups (broad SMARTS) is 1. The van der Waals surface area contributed by atoms with Crippen molar-refractivity contribution in [3.63, 3.8) is 0 Å². The summed E-state index contributed by atoms with van der Waals surface area (Å²) in [7, 11) is 0. The smallest absolute Gasteiger partial charge is 0.394 e. The second-order valence-electron chi connectivity index (χ2n) is 6.00. The number of alkyl halides is 3. The molecule has 25 heavy (non-hydrogen) atoms. The van der Waals surface area contributed by atoms with Gasteiger partial charge in [-0.05, 0) is 25.1 Å². The highest BCUT2D eigenvalue weighted by molar-refractivity contribution is 5.99. The molecule has 1 saturated heterocycles. The van der Waals surface area contributed by atoms with E-state index in [1.807, 2.05) is 0 Å². The molecule has 0 spiro atoms. The molecule has 1 N–H and O–H groups in total. The number of carbonyl (C=O) groups is 2. The quantitative estimate of drug-likeness (QED) is 0.836. The lowest BCUT2D eigenvalue weighted by Crippen LogP contribution is -2.34. The number of likely N-dealkylation sites (tertiary alicyclic amines) is 1. The van der Waals surface area contributed by atoms with E-state index < -0.39 is 48.8 Å². The number of fused-ring (bicyclic) bond motifs is 1. The van der Waals surface area contributed by atoms with Crippen LogP contribution < -0.4 is 0 Å². The number of hydrogen-bond donors (Lipinski definition) is 1. The Labute approximate surface area is 138 Å². The number of amides is 1.